The molecule has 5 nitrogen and oxygen atoms in total. The molecule has 0 bridgehead atoms. The van der Waals surface area contributed by atoms with E-state index in [1.165, 1.54) is 0 Å². The lowest BCUT2D eigenvalue weighted by Gasteiger charge is -2.22. The van der Waals surface area contributed by atoms with Crippen molar-refractivity contribution in [1.82, 2.24) is 0 Å². The van der Waals surface area contributed by atoms with E-state index in [0.29, 0.717) is 13.2 Å². The normalized spacial score (nSPS) is 13.6. The van der Waals surface area contributed by atoms with Crippen LogP contribution in [0.2, 0.25) is 0 Å². The molecule has 0 amide bonds. The monoisotopic (exact) mass is 264 g/mol. The van der Waals surface area contributed by atoms with Crippen LogP contribution in [0.25, 0.3) is 0 Å². The predicted molar refractivity (Wildman–Crippen MR) is 72.5 cm³/mol. The Balaban J connectivity index is 1.79. The number of rotatable bonds is 6. The summed E-state index contributed by atoms with van der Waals surface area (Å²) in [5.41, 5.74) is 6.26. The van der Waals surface area contributed by atoms with Gasteiger partial charge in [-0.05, 0) is 24.1 Å². The minimum atomic E-state index is -0.311. The second kappa shape index (κ2) is 5.48. The van der Waals surface area contributed by atoms with Crippen molar-refractivity contribution in [1.29, 1.82) is 5.41 Å². The molecule has 1 heterocycles. The zero-order chi connectivity index (χ0) is 13.9. The first-order valence-corrected chi connectivity index (χ1v) is 6.30. The van der Waals surface area contributed by atoms with Gasteiger partial charge >= 0.3 is 0 Å². The van der Waals surface area contributed by atoms with Crippen LogP contribution in [-0.4, -0.2) is 19.2 Å². The molecule has 0 atom stereocenters. The summed E-state index contributed by atoms with van der Waals surface area (Å²) < 4.78 is 16.2. The summed E-state index contributed by atoms with van der Waals surface area (Å²) in [5, 5.41) is 7.47. The third kappa shape index (κ3) is 3.38. The molecule has 0 fully saturated rings. The fourth-order valence-electron chi connectivity index (χ4n) is 1.68. The first-order chi connectivity index (χ1) is 8.99. The van der Waals surface area contributed by atoms with Gasteiger partial charge in [-0.3, -0.25) is 5.41 Å². The van der Waals surface area contributed by atoms with E-state index in [0.717, 1.165) is 23.5 Å². The molecule has 0 unspecified atom stereocenters. The van der Waals surface area contributed by atoms with Crippen molar-refractivity contribution < 1.29 is 14.2 Å². The number of nitrogens with one attached hydrogen (secondary N) is 1. The van der Waals surface area contributed by atoms with Gasteiger partial charge in [-0.1, -0.05) is 19.9 Å². The Bertz CT molecular complexity index is 472. The van der Waals surface area contributed by atoms with Gasteiger partial charge in [0.1, 0.15) is 0 Å². The maximum Gasteiger partial charge on any atom is 0.231 e. The standard InChI is InChI=1S/C14H20N2O3/c1-14(2,13(15)16)5-6-17-8-10-3-4-11-12(7-10)19-9-18-11/h3-4,7H,5-6,8-9H2,1-2H3,(H3,15,16). The zero-order valence-electron chi connectivity index (χ0n) is 11.4. The first kappa shape index (κ1) is 13.7. The van der Waals surface area contributed by atoms with Crippen LogP contribution in [-0.2, 0) is 11.3 Å². The minimum absolute atomic E-state index is 0.194. The van der Waals surface area contributed by atoms with E-state index in [1.807, 2.05) is 32.0 Å². The summed E-state index contributed by atoms with van der Waals surface area (Å²) in [6.07, 6.45) is 0.729. The maximum absolute atomic E-state index is 7.47. The van der Waals surface area contributed by atoms with Crippen molar-refractivity contribution in [3.05, 3.63) is 23.8 Å². The highest BCUT2D eigenvalue weighted by Gasteiger charge is 2.21. The Kier molecular flexibility index (Phi) is 3.95. The third-order valence-corrected chi connectivity index (χ3v) is 3.31. The number of nitrogens with two attached hydrogens (primary N) is 1. The van der Waals surface area contributed by atoms with Crippen molar-refractivity contribution in [3.63, 3.8) is 0 Å². The Hall–Kier alpha value is -1.75. The summed E-state index contributed by atoms with van der Waals surface area (Å²) in [7, 11) is 0. The molecule has 0 aliphatic carbocycles. The summed E-state index contributed by atoms with van der Waals surface area (Å²) >= 11 is 0. The Labute approximate surface area is 113 Å². The maximum atomic E-state index is 7.47. The highest BCUT2D eigenvalue weighted by molar-refractivity contribution is 5.82. The molecule has 1 aliphatic rings. The van der Waals surface area contributed by atoms with Crippen LogP contribution < -0.4 is 15.2 Å². The quantitative estimate of drug-likeness (QED) is 0.469. The van der Waals surface area contributed by atoms with Gasteiger partial charge in [0.15, 0.2) is 11.5 Å². The first-order valence-electron chi connectivity index (χ1n) is 6.30. The van der Waals surface area contributed by atoms with E-state index in [-0.39, 0.29) is 18.0 Å². The van der Waals surface area contributed by atoms with Crippen LogP contribution >= 0.6 is 0 Å². The van der Waals surface area contributed by atoms with Crippen LogP contribution in [0.1, 0.15) is 25.8 Å². The van der Waals surface area contributed by atoms with Gasteiger partial charge in [-0.25, -0.2) is 0 Å². The largest absolute Gasteiger partial charge is 0.454 e. The Morgan fingerprint density at radius 1 is 1.37 bits per heavy atom. The van der Waals surface area contributed by atoms with Gasteiger partial charge in [0, 0.05) is 12.0 Å². The fraction of sp³-hybridized carbons (Fsp3) is 0.500. The van der Waals surface area contributed by atoms with Gasteiger partial charge in [-0.15, -0.1) is 0 Å². The van der Waals surface area contributed by atoms with E-state index < -0.39 is 0 Å². The van der Waals surface area contributed by atoms with Crippen LogP contribution in [0.3, 0.4) is 0 Å². The zero-order valence-corrected chi connectivity index (χ0v) is 11.4. The van der Waals surface area contributed by atoms with Gasteiger partial charge in [0.2, 0.25) is 6.79 Å². The SMILES string of the molecule is CC(C)(CCOCc1ccc2c(c1)OCO2)C(=N)N. The van der Waals surface area contributed by atoms with Crippen molar-refractivity contribution in [2.75, 3.05) is 13.4 Å². The molecule has 0 saturated carbocycles. The fourth-order valence-corrected chi connectivity index (χ4v) is 1.68. The molecule has 1 aliphatic heterocycles. The average molecular weight is 264 g/mol. The minimum Gasteiger partial charge on any atom is -0.454 e. The number of benzene rings is 1. The van der Waals surface area contributed by atoms with Gasteiger partial charge in [0.25, 0.3) is 0 Å². The molecule has 1 aromatic rings. The number of ether oxygens (including phenoxy) is 3. The summed E-state index contributed by atoms with van der Waals surface area (Å²) in [6.45, 7) is 5.26. The van der Waals surface area contributed by atoms with Crippen LogP contribution in [0.4, 0.5) is 0 Å². The molecule has 0 radical (unpaired) electrons. The molecule has 2 rings (SSSR count). The lowest BCUT2D eigenvalue weighted by Crippen LogP contribution is -2.31. The summed E-state index contributed by atoms with van der Waals surface area (Å²) in [6, 6.07) is 5.78. The van der Waals surface area contributed by atoms with Crippen LogP contribution in [0.15, 0.2) is 18.2 Å². The highest BCUT2D eigenvalue weighted by Crippen LogP contribution is 2.32. The Morgan fingerprint density at radius 2 is 2.11 bits per heavy atom. The molecule has 3 N–H and O–H groups in total. The third-order valence-electron chi connectivity index (χ3n) is 3.31. The predicted octanol–water partition coefficient (Wildman–Crippen LogP) is 2.28. The molecular formula is C14H20N2O3. The van der Waals surface area contributed by atoms with E-state index in [2.05, 4.69) is 0 Å². The summed E-state index contributed by atoms with van der Waals surface area (Å²) in [4.78, 5) is 0. The number of fused-ring (bicyclic) bond motifs is 1. The topological polar surface area (TPSA) is 77.6 Å². The van der Waals surface area contributed by atoms with Crippen LogP contribution in [0, 0.1) is 10.8 Å². The van der Waals surface area contributed by atoms with Crippen molar-refractivity contribution >= 4 is 5.84 Å². The van der Waals surface area contributed by atoms with E-state index >= 15 is 0 Å². The van der Waals surface area contributed by atoms with Crippen molar-refractivity contribution in [2.24, 2.45) is 11.1 Å². The molecule has 19 heavy (non-hydrogen) atoms. The second-order valence-electron chi connectivity index (χ2n) is 5.29. The Morgan fingerprint density at radius 3 is 2.84 bits per heavy atom. The molecular weight excluding hydrogens is 244 g/mol. The van der Waals surface area contributed by atoms with E-state index in [4.69, 9.17) is 25.4 Å². The second-order valence-corrected chi connectivity index (χ2v) is 5.29. The smallest absolute Gasteiger partial charge is 0.231 e. The molecule has 104 valence electrons. The lowest BCUT2D eigenvalue weighted by molar-refractivity contribution is 0.104. The molecule has 5 heteroatoms. The van der Waals surface area contributed by atoms with Crippen LogP contribution in [0.5, 0.6) is 11.5 Å². The average Bonchev–Trinajstić information content (AvgIpc) is 2.81. The molecule has 0 spiro atoms. The number of hydrogen-bond acceptors (Lipinski definition) is 4. The van der Waals surface area contributed by atoms with Gasteiger partial charge < -0.3 is 19.9 Å². The van der Waals surface area contributed by atoms with Gasteiger partial charge in [-0.2, -0.15) is 0 Å². The van der Waals surface area contributed by atoms with Crippen molar-refractivity contribution in [3.8, 4) is 11.5 Å². The molecule has 0 saturated heterocycles. The molecule has 1 aromatic carbocycles. The summed E-state index contributed by atoms with van der Waals surface area (Å²) in [5.74, 6) is 1.74. The number of amidine groups is 1. The molecule has 0 aromatic heterocycles. The lowest BCUT2D eigenvalue weighted by atomic mass is 9.88. The number of hydrogen-bond donors (Lipinski definition) is 2. The highest BCUT2D eigenvalue weighted by atomic mass is 16.7. The van der Waals surface area contributed by atoms with E-state index in [1.54, 1.807) is 0 Å². The van der Waals surface area contributed by atoms with E-state index in [9.17, 15) is 0 Å². The van der Waals surface area contributed by atoms with Crippen molar-refractivity contribution in [2.45, 2.75) is 26.9 Å². The van der Waals surface area contributed by atoms with Gasteiger partial charge in [0.05, 0.1) is 12.4 Å².